The summed E-state index contributed by atoms with van der Waals surface area (Å²) >= 11 is 0. The van der Waals surface area contributed by atoms with Gasteiger partial charge in [0, 0.05) is 93.9 Å². The van der Waals surface area contributed by atoms with Gasteiger partial charge in [0.05, 0.1) is 41.4 Å². The number of carbonyl (C=O) groups is 3. The van der Waals surface area contributed by atoms with Gasteiger partial charge in [-0.25, -0.2) is 27.0 Å². The third-order valence-electron chi connectivity index (χ3n) is 10.2. The highest BCUT2D eigenvalue weighted by Crippen LogP contribution is 2.25. The van der Waals surface area contributed by atoms with Crippen LogP contribution in [0.25, 0.3) is 0 Å². The molecule has 2 aromatic carbocycles. The Morgan fingerprint density at radius 3 is 1.90 bits per heavy atom. The SMILES string of the molecule is CC(=O)N1CCN(Cc2cccc(NC(=O)Nc3ccc(C)nc3)c2F)[C@H](C)C1.Cc1ccc(N(C=O)Nc2cccc(CN3CCN(S(C)(=O)=O)C[C@H]3C)c2F)cn1. The molecular weight excluding hydrogens is 783 g/mol. The largest absolute Gasteiger partial charge is 0.340 e. The number of amides is 4. The molecule has 18 heteroatoms. The summed E-state index contributed by atoms with van der Waals surface area (Å²) in [5, 5.41) is 6.37. The maximum atomic E-state index is 15.1. The summed E-state index contributed by atoms with van der Waals surface area (Å²) in [7, 11) is -3.24. The van der Waals surface area contributed by atoms with Gasteiger partial charge in [-0.15, -0.1) is 0 Å². The first-order valence-corrected chi connectivity index (χ1v) is 21.0. The van der Waals surface area contributed by atoms with E-state index < -0.39 is 27.7 Å². The molecule has 0 saturated carbocycles. The van der Waals surface area contributed by atoms with Crippen LogP contribution in [0.1, 0.15) is 43.3 Å². The molecule has 0 unspecified atom stereocenters. The van der Waals surface area contributed by atoms with E-state index in [2.05, 4.69) is 30.9 Å². The smallest absolute Gasteiger partial charge is 0.323 e. The van der Waals surface area contributed by atoms with Crippen LogP contribution in [0.4, 0.5) is 36.3 Å². The number of benzene rings is 2. The molecule has 4 amide bonds. The van der Waals surface area contributed by atoms with Crippen molar-refractivity contribution in [2.24, 2.45) is 0 Å². The first-order valence-electron chi connectivity index (χ1n) is 19.2. The molecule has 6 rings (SSSR count). The van der Waals surface area contributed by atoms with Crippen molar-refractivity contribution in [1.29, 1.82) is 0 Å². The van der Waals surface area contributed by atoms with Crippen LogP contribution in [0.15, 0.2) is 73.1 Å². The second-order valence-electron chi connectivity index (χ2n) is 14.8. The van der Waals surface area contributed by atoms with Crippen molar-refractivity contribution < 1.29 is 31.6 Å². The van der Waals surface area contributed by atoms with Crippen LogP contribution >= 0.6 is 0 Å². The number of carbonyl (C=O) groups excluding carboxylic acids is 3. The van der Waals surface area contributed by atoms with Gasteiger partial charge in [0.1, 0.15) is 0 Å². The van der Waals surface area contributed by atoms with Crippen molar-refractivity contribution in [2.75, 3.05) is 66.6 Å². The van der Waals surface area contributed by atoms with Crippen LogP contribution in [-0.4, -0.2) is 113 Å². The molecule has 2 aromatic heterocycles. The topological polar surface area (TPSA) is 163 Å². The van der Waals surface area contributed by atoms with Gasteiger partial charge < -0.3 is 15.5 Å². The number of urea groups is 1. The second kappa shape index (κ2) is 19.9. The average Bonchev–Trinajstić information content (AvgIpc) is 3.19. The van der Waals surface area contributed by atoms with E-state index in [1.54, 1.807) is 72.6 Å². The van der Waals surface area contributed by atoms with Crippen LogP contribution in [0.2, 0.25) is 0 Å². The molecule has 0 radical (unpaired) electrons. The summed E-state index contributed by atoms with van der Waals surface area (Å²) in [6.45, 7) is 13.2. The Kier molecular flexibility index (Phi) is 15.0. The number of hydrazine groups is 1. The summed E-state index contributed by atoms with van der Waals surface area (Å²) in [6, 6.07) is 16.5. The highest BCUT2D eigenvalue weighted by molar-refractivity contribution is 7.88. The van der Waals surface area contributed by atoms with E-state index in [1.807, 2.05) is 32.6 Å². The van der Waals surface area contributed by atoms with Gasteiger partial charge in [0.15, 0.2) is 11.6 Å². The third-order valence-corrected chi connectivity index (χ3v) is 11.5. The molecule has 0 aliphatic carbocycles. The zero-order chi connectivity index (χ0) is 42.9. The summed E-state index contributed by atoms with van der Waals surface area (Å²) in [4.78, 5) is 49.5. The maximum Gasteiger partial charge on any atom is 0.323 e. The first kappa shape index (κ1) is 44.5. The fraction of sp³-hybridized carbons (Fsp3) is 0.390. The number of anilines is 4. The molecular formula is C41H52F2N10O5S. The number of nitrogens with one attached hydrogen (secondary N) is 3. The summed E-state index contributed by atoms with van der Waals surface area (Å²) in [5.74, 6) is -0.850. The van der Waals surface area contributed by atoms with Gasteiger partial charge in [-0.05, 0) is 64.1 Å². The van der Waals surface area contributed by atoms with E-state index in [4.69, 9.17) is 0 Å². The molecule has 4 aromatic rings. The molecule has 15 nitrogen and oxygen atoms in total. The molecule has 316 valence electrons. The Hall–Kier alpha value is -5.56. The lowest BCUT2D eigenvalue weighted by atomic mass is 10.1. The van der Waals surface area contributed by atoms with Crippen molar-refractivity contribution in [1.82, 2.24) is 29.0 Å². The Bertz CT molecular complexity index is 2200. The number of halogens is 2. The lowest BCUT2D eigenvalue weighted by Crippen LogP contribution is -2.52. The van der Waals surface area contributed by atoms with Crippen LogP contribution in [0.3, 0.4) is 0 Å². The third kappa shape index (κ3) is 12.2. The number of aromatic nitrogens is 2. The quantitative estimate of drug-likeness (QED) is 0.135. The minimum Gasteiger partial charge on any atom is -0.340 e. The second-order valence-corrected chi connectivity index (χ2v) is 16.8. The average molecular weight is 835 g/mol. The molecule has 2 saturated heterocycles. The predicted molar refractivity (Wildman–Crippen MR) is 224 cm³/mol. The predicted octanol–water partition coefficient (Wildman–Crippen LogP) is 5.21. The van der Waals surface area contributed by atoms with Gasteiger partial charge in [-0.3, -0.25) is 34.8 Å². The van der Waals surface area contributed by atoms with E-state index in [0.717, 1.165) is 11.4 Å². The minimum absolute atomic E-state index is 0.0467. The van der Waals surface area contributed by atoms with Crippen LogP contribution < -0.4 is 21.1 Å². The van der Waals surface area contributed by atoms with Crippen LogP contribution in [0, 0.1) is 25.5 Å². The Morgan fingerprint density at radius 1 is 0.797 bits per heavy atom. The summed E-state index contributed by atoms with van der Waals surface area (Å²) < 4.78 is 55.1. The Labute approximate surface area is 344 Å². The van der Waals surface area contributed by atoms with E-state index in [9.17, 15) is 27.2 Å². The molecule has 0 spiro atoms. The fourth-order valence-corrected chi connectivity index (χ4v) is 7.65. The molecule has 2 aliphatic rings. The number of nitrogens with zero attached hydrogens (tertiary/aromatic N) is 7. The van der Waals surface area contributed by atoms with Gasteiger partial charge in [-0.1, -0.05) is 24.3 Å². The van der Waals surface area contributed by atoms with Crippen molar-refractivity contribution >= 4 is 51.1 Å². The molecule has 4 heterocycles. The van der Waals surface area contributed by atoms with Crippen molar-refractivity contribution in [2.45, 2.75) is 59.8 Å². The fourth-order valence-electron chi connectivity index (χ4n) is 6.75. The number of piperazine rings is 2. The number of hydrogen-bond acceptors (Lipinski definition) is 10. The van der Waals surface area contributed by atoms with E-state index in [-0.39, 0.29) is 29.4 Å². The molecule has 2 fully saturated rings. The molecule has 2 aliphatic heterocycles. The number of aryl methyl sites for hydroxylation is 2. The minimum atomic E-state index is -3.24. The Balaban J connectivity index is 0.000000224. The highest BCUT2D eigenvalue weighted by atomic mass is 32.2. The van der Waals surface area contributed by atoms with Crippen LogP contribution in [0.5, 0.6) is 0 Å². The normalized spacial score (nSPS) is 17.7. The van der Waals surface area contributed by atoms with Gasteiger partial charge in [0.25, 0.3) is 0 Å². The molecule has 2 atom stereocenters. The first-order chi connectivity index (χ1) is 28.0. The lowest BCUT2D eigenvalue weighted by Gasteiger charge is -2.39. The zero-order valence-corrected chi connectivity index (χ0v) is 35.0. The van der Waals surface area contributed by atoms with Crippen LogP contribution in [-0.2, 0) is 32.7 Å². The van der Waals surface area contributed by atoms with E-state index in [0.29, 0.717) is 81.3 Å². The summed E-state index contributed by atoms with van der Waals surface area (Å²) in [5.41, 5.74) is 6.72. The summed E-state index contributed by atoms with van der Waals surface area (Å²) in [6.07, 6.45) is 4.84. The number of pyridine rings is 2. The molecule has 3 N–H and O–H groups in total. The number of rotatable bonds is 11. The lowest BCUT2D eigenvalue weighted by molar-refractivity contribution is -0.131. The van der Waals surface area contributed by atoms with E-state index >= 15 is 4.39 Å². The van der Waals surface area contributed by atoms with Gasteiger partial charge >= 0.3 is 6.03 Å². The van der Waals surface area contributed by atoms with E-state index in [1.165, 1.54) is 27.8 Å². The van der Waals surface area contributed by atoms with Gasteiger partial charge in [-0.2, -0.15) is 4.31 Å². The number of hydrogen-bond donors (Lipinski definition) is 3. The monoisotopic (exact) mass is 834 g/mol. The Morgan fingerprint density at radius 2 is 1.37 bits per heavy atom. The zero-order valence-electron chi connectivity index (χ0n) is 34.2. The maximum absolute atomic E-state index is 15.1. The number of sulfonamides is 1. The van der Waals surface area contributed by atoms with Crippen molar-refractivity contribution in [3.05, 3.63) is 107 Å². The van der Waals surface area contributed by atoms with Crippen molar-refractivity contribution in [3.8, 4) is 0 Å². The molecule has 0 bridgehead atoms. The van der Waals surface area contributed by atoms with Gasteiger partial charge in [0.2, 0.25) is 22.3 Å². The van der Waals surface area contributed by atoms with Crippen molar-refractivity contribution in [3.63, 3.8) is 0 Å². The highest BCUT2D eigenvalue weighted by Gasteiger charge is 2.30. The standard InChI is InChI=1S/C21H26FN5O2.C20H26FN5O3S/c1-14-7-8-18(11-23-14)24-21(29)25-19-6-4-5-17(20(19)22)13-26-9-10-27(16(3)28)12-15(26)2;1-15-7-8-18(11-22-15)26(14-27)23-19-6-4-5-17(20(19)21)13-24-9-10-25(12-16(24)2)30(3,28)29/h4-8,11,15H,9-10,12-13H2,1-3H3,(H2,24,25,29);4-8,11,14,16,23H,9-10,12-13H2,1-3H3/t15-;16-/m11/s1. The molecule has 59 heavy (non-hydrogen) atoms.